The first-order valence-corrected chi connectivity index (χ1v) is 9.33. The summed E-state index contributed by atoms with van der Waals surface area (Å²) in [5.41, 5.74) is 5.11. The van der Waals surface area contributed by atoms with Gasteiger partial charge in [0.2, 0.25) is 0 Å². The molecule has 0 unspecified atom stereocenters. The number of aromatic amines is 1. The van der Waals surface area contributed by atoms with Gasteiger partial charge in [-0.15, -0.1) is 0 Å². The molecule has 138 valence electrons. The van der Waals surface area contributed by atoms with Crippen LogP contribution >= 0.6 is 0 Å². The number of aryl methyl sites for hydroxylation is 2. The third kappa shape index (κ3) is 2.93. The van der Waals surface area contributed by atoms with Crippen molar-refractivity contribution in [2.24, 2.45) is 0 Å². The average Bonchev–Trinajstić information content (AvgIpc) is 3.16. The first-order valence-electron chi connectivity index (χ1n) is 9.33. The number of benzene rings is 1. The predicted octanol–water partition coefficient (Wildman–Crippen LogP) is 3.11. The number of carbonyl (C=O) groups excluding carboxylic acids is 1. The lowest BCUT2D eigenvalue weighted by Crippen LogP contribution is -2.28. The average molecular weight is 355 g/mol. The number of nitrogens with zero attached hydrogens (tertiary/aromatic N) is 1. The van der Waals surface area contributed by atoms with Gasteiger partial charge in [0.05, 0.1) is 20.3 Å². The molecule has 0 spiro atoms. The van der Waals surface area contributed by atoms with Crippen molar-refractivity contribution in [3.8, 4) is 11.5 Å². The fourth-order valence-corrected chi connectivity index (χ4v) is 4.16. The maximum atomic E-state index is 12.9. The monoisotopic (exact) mass is 355 g/mol. The standard InChI is InChI=1S/C20H25N3O3/c1-25-17-10-12-8-9-15(14(12)11-18(17)26-2)21-20(24)19-13-6-4-3-5-7-16(13)22-23-19/h10-11,15H,3-9H2,1-2H3,(H,21,24)(H,22,23)/t15-/m0/s1. The number of amides is 1. The van der Waals surface area contributed by atoms with Crippen LogP contribution in [-0.4, -0.2) is 30.3 Å². The largest absolute Gasteiger partial charge is 0.493 e. The number of carbonyl (C=O) groups is 1. The molecule has 1 amide bonds. The van der Waals surface area contributed by atoms with Crippen molar-refractivity contribution in [2.45, 2.75) is 51.0 Å². The summed E-state index contributed by atoms with van der Waals surface area (Å²) in [7, 11) is 3.27. The normalized spacial score (nSPS) is 18.6. The van der Waals surface area contributed by atoms with Gasteiger partial charge in [-0.25, -0.2) is 0 Å². The minimum Gasteiger partial charge on any atom is -0.493 e. The smallest absolute Gasteiger partial charge is 0.272 e. The van der Waals surface area contributed by atoms with E-state index in [-0.39, 0.29) is 11.9 Å². The molecule has 0 bridgehead atoms. The molecule has 0 aliphatic heterocycles. The van der Waals surface area contributed by atoms with Crippen LogP contribution < -0.4 is 14.8 Å². The van der Waals surface area contributed by atoms with E-state index in [1.165, 1.54) is 12.0 Å². The van der Waals surface area contributed by atoms with E-state index in [0.717, 1.165) is 61.1 Å². The molecule has 0 saturated carbocycles. The predicted molar refractivity (Wildman–Crippen MR) is 97.9 cm³/mol. The highest BCUT2D eigenvalue weighted by Crippen LogP contribution is 2.39. The first-order chi connectivity index (χ1) is 12.7. The molecule has 2 aliphatic carbocycles. The molecule has 6 nitrogen and oxygen atoms in total. The second kappa shape index (κ2) is 7.02. The highest BCUT2D eigenvalue weighted by molar-refractivity contribution is 5.94. The number of aromatic nitrogens is 2. The van der Waals surface area contributed by atoms with Crippen molar-refractivity contribution >= 4 is 5.91 Å². The van der Waals surface area contributed by atoms with Crippen LogP contribution in [0.2, 0.25) is 0 Å². The van der Waals surface area contributed by atoms with Crippen LogP contribution in [0.5, 0.6) is 11.5 Å². The van der Waals surface area contributed by atoms with Gasteiger partial charge in [0, 0.05) is 11.3 Å². The van der Waals surface area contributed by atoms with Gasteiger partial charge in [0.1, 0.15) is 0 Å². The number of H-pyrrole nitrogens is 1. The summed E-state index contributed by atoms with van der Waals surface area (Å²) >= 11 is 0. The van der Waals surface area contributed by atoms with Crippen LogP contribution in [-0.2, 0) is 19.3 Å². The molecule has 1 atom stereocenters. The van der Waals surface area contributed by atoms with Crippen LogP contribution in [0.1, 0.15) is 64.6 Å². The molecular weight excluding hydrogens is 330 g/mol. The molecule has 1 aromatic heterocycles. The molecule has 1 aromatic carbocycles. The minimum absolute atomic E-state index is 0.0181. The quantitative estimate of drug-likeness (QED) is 0.826. The summed E-state index contributed by atoms with van der Waals surface area (Å²) in [5, 5.41) is 10.6. The maximum absolute atomic E-state index is 12.9. The summed E-state index contributed by atoms with van der Waals surface area (Å²) < 4.78 is 10.8. The molecule has 0 saturated heterocycles. The van der Waals surface area contributed by atoms with E-state index < -0.39 is 0 Å². The molecule has 1 heterocycles. The van der Waals surface area contributed by atoms with Crippen molar-refractivity contribution in [2.75, 3.05) is 14.2 Å². The molecule has 6 heteroatoms. The Hall–Kier alpha value is -2.50. The number of rotatable bonds is 4. The Morgan fingerprint density at radius 3 is 2.69 bits per heavy atom. The number of hydrogen-bond acceptors (Lipinski definition) is 4. The fourth-order valence-electron chi connectivity index (χ4n) is 4.16. The van der Waals surface area contributed by atoms with E-state index in [4.69, 9.17) is 9.47 Å². The van der Waals surface area contributed by atoms with Gasteiger partial charge in [0.15, 0.2) is 17.2 Å². The Bertz CT molecular complexity index is 828. The van der Waals surface area contributed by atoms with Crippen LogP contribution in [0.3, 0.4) is 0 Å². The SMILES string of the molecule is COc1cc2c(cc1OC)[C@@H](NC(=O)c1n[nH]c3c1CCCCC3)CC2. The number of methoxy groups -OCH3 is 2. The van der Waals surface area contributed by atoms with Gasteiger partial charge < -0.3 is 14.8 Å². The van der Waals surface area contributed by atoms with Gasteiger partial charge >= 0.3 is 0 Å². The second-order valence-corrected chi connectivity index (χ2v) is 7.06. The Balaban J connectivity index is 1.57. The first kappa shape index (κ1) is 16.9. The number of nitrogens with one attached hydrogen (secondary N) is 2. The highest BCUT2D eigenvalue weighted by atomic mass is 16.5. The lowest BCUT2D eigenvalue weighted by atomic mass is 10.1. The molecule has 0 radical (unpaired) electrons. The zero-order valence-corrected chi connectivity index (χ0v) is 15.4. The van der Waals surface area contributed by atoms with Crippen molar-refractivity contribution in [3.63, 3.8) is 0 Å². The van der Waals surface area contributed by atoms with Crippen molar-refractivity contribution in [1.29, 1.82) is 0 Å². The van der Waals surface area contributed by atoms with E-state index in [1.54, 1.807) is 14.2 Å². The Morgan fingerprint density at radius 1 is 1.12 bits per heavy atom. The van der Waals surface area contributed by atoms with Gasteiger partial charge in [-0.1, -0.05) is 6.42 Å². The second-order valence-electron chi connectivity index (χ2n) is 7.06. The van der Waals surface area contributed by atoms with Gasteiger partial charge in [-0.05, 0) is 61.8 Å². The molecule has 26 heavy (non-hydrogen) atoms. The summed E-state index contributed by atoms with van der Waals surface area (Å²) in [6.07, 6.45) is 7.20. The lowest BCUT2D eigenvalue weighted by molar-refractivity contribution is 0.0930. The highest BCUT2D eigenvalue weighted by Gasteiger charge is 2.29. The van der Waals surface area contributed by atoms with Gasteiger partial charge in [-0.2, -0.15) is 5.10 Å². The van der Waals surface area contributed by atoms with Crippen LogP contribution in [0.15, 0.2) is 12.1 Å². The maximum Gasteiger partial charge on any atom is 0.272 e. The molecular formula is C20H25N3O3. The van der Waals surface area contributed by atoms with Gasteiger partial charge in [-0.3, -0.25) is 9.89 Å². The fraction of sp³-hybridized carbons (Fsp3) is 0.500. The Labute approximate surface area is 153 Å². The topological polar surface area (TPSA) is 76.2 Å². The molecule has 4 rings (SSSR count). The minimum atomic E-state index is -0.0861. The van der Waals surface area contributed by atoms with Crippen LogP contribution in [0.25, 0.3) is 0 Å². The zero-order chi connectivity index (χ0) is 18.1. The van der Waals surface area contributed by atoms with E-state index in [1.807, 2.05) is 12.1 Å². The summed E-state index contributed by atoms with van der Waals surface area (Å²) in [6.45, 7) is 0. The molecule has 2 aliphatic rings. The summed E-state index contributed by atoms with van der Waals surface area (Å²) in [6, 6.07) is 3.98. The number of hydrogen-bond donors (Lipinski definition) is 2. The van der Waals surface area contributed by atoms with E-state index in [0.29, 0.717) is 11.4 Å². The third-order valence-electron chi connectivity index (χ3n) is 5.55. The van der Waals surface area contributed by atoms with Crippen molar-refractivity contribution in [3.05, 3.63) is 40.2 Å². The lowest BCUT2D eigenvalue weighted by Gasteiger charge is -2.16. The van der Waals surface area contributed by atoms with E-state index in [2.05, 4.69) is 15.5 Å². The number of ether oxygens (including phenoxy) is 2. The molecule has 0 fully saturated rings. The summed E-state index contributed by atoms with van der Waals surface area (Å²) in [4.78, 5) is 12.9. The summed E-state index contributed by atoms with van der Waals surface area (Å²) in [5.74, 6) is 1.34. The molecule has 2 aromatic rings. The number of fused-ring (bicyclic) bond motifs is 2. The van der Waals surface area contributed by atoms with Crippen molar-refractivity contribution in [1.82, 2.24) is 15.5 Å². The van der Waals surface area contributed by atoms with Crippen LogP contribution in [0, 0.1) is 0 Å². The zero-order valence-electron chi connectivity index (χ0n) is 15.4. The third-order valence-corrected chi connectivity index (χ3v) is 5.55. The van der Waals surface area contributed by atoms with Gasteiger partial charge in [0.25, 0.3) is 5.91 Å². The van der Waals surface area contributed by atoms with Crippen molar-refractivity contribution < 1.29 is 14.3 Å². The Morgan fingerprint density at radius 2 is 1.88 bits per heavy atom. The molecule has 2 N–H and O–H groups in total. The Kier molecular flexibility index (Phi) is 4.57. The van der Waals surface area contributed by atoms with Crippen LogP contribution in [0.4, 0.5) is 0 Å². The van der Waals surface area contributed by atoms with E-state index in [9.17, 15) is 4.79 Å². The van der Waals surface area contributed by atoms with E-state index >= 15 is 0 Å².